The lowest BCUT2D eigenvalue weighted by Crippen LogP contribution is -2.05. The first-order valence-electron chi connectivity index (χ1n) is 8.12. The molecule has 0 aliphatic rings. The highest BCUT2D eigenvalue weighted by Crippen LogP contribution is 2.38. The van der Waals surface area contributed by atoms with Crippen LogP contribution in [0.25, 0.3) is 11.3 Å². The first kappa shape index (κ1) is 19.0. The molecule has 0 saturated heterocycles. The number of benzene rings is 2. The lowest BCUT2D eigenvalue weighted by Gasteiger charge is -2.15. The lowest BCUT2D eigenvalue weighted by molar-refractivity contribution is 0.323. The summed E-state index contributed by atoms with van der Waals surface area (Å²) < 4.78 is 24.2. The van der Waals surface area contributed by atoms with E-state index in [2.05, 4.69) is 26.2 Å². The molecular formula is C19H20BrN3O4. The van der Waals surface area contributed by atoms with Gasteiger partial charge in [0.25, 0.3) is 0 Å². The zero-order valence-electron chi connectivity index (χ0n) is 15.5. The van der Waals surface area contributed by atoms with Crippen molar-refractivity contribution in [2.75, 3.05) is 28.4 Å². The van der Waals surface area contributed by atoms with Crippen LogP contribution >= 0.6 is 15.9 Å². The van der Waals surface area contributed by atoms with E-state index in [1.165, 1.54) is 0 Å². The number of ether oxygens (including phenoxy) is 4. The Hall–Kier alpha value is -2.74. The van der Waals surface area contributed by atoms with Crippen LogP contribution < -0.4 is 18.9 Å². The monoisotopic (exact) mass is 433 g/mol. The van der Waals surface area contributed by atoms with Gasteiger partial charge in [0.2, 0.25) is 5.75 Å². The van der Waals surface area contributed by atoms with E-state index in [1.54, 1.807) is 34.6 Å². The van der Waals surface area contributed by atoms with E-state index in [0.717, 1.165) is 27.0 Å². The van der Waals surface area contributed by atoms with Gasteiger partial charge in [-0.25, -0.2) is 4.68 Å². The number of methoxy groups -OCH3 is 4. The van der Waals surface area contributed by atoms with Gasteiger partial charge >= 0.3 is 0 Å². The SMILES string of the molecule is COc1ccc(-c2cnnn2Cc2cc(OC)c(OC)c(OC)c2)cc1Br. The van der Waals surface area contributed by atoms with Crippen molar-refractivity contribution in [2.45, 2.75) is 6.54 Å². The van der Waals surface area contributed by atoms with E-state index in [-0.39, 0.29) is 0 Å². The normalized spacial score (nSPS) is 10.6. The van der Waals surface area contributed by atoms with E-state index in [4.69, 9.17) is 18.9 Å². The fourth-order valence-corrected chi connectivity index (χ4v) is 3.36. The van der Waals surface area contributed by atoms with Crippen LogP contribution in [-0.2, 0) is 6.54 Å². The first-order valence-corrected chi connectivity index (χ1v) is 8.91. The molecule has 0 spiro atoms. The molecule has 3 aromatic rings. The van der Waals surface area contributed by atoms with Crippen molar-refractivity contribution < 1.29 is 18.9 Å². The van der Waals surface area contributed by atoms with Crippen molar-refractivity contribution >= 4 is 15.9 Å². The van der Waals surface area contributed by atoms with Crippen LogP contribution in [-0.4, -0.2) is 43.4 Å². The third-order valence-electron chi connectivity index (χ3n) is 4.12. The van der Waals surface area contributed by atoms with Crippen LogP contribution in [0, 0.1) is 0 Å². The molecule has 0 atom stereocenters. The molecule has 0 unspecified atom stereocenters. The number of rotatable bonds is 7. The van der Waals surface area contributed by atoms with Crippen LogP contribution in [0.15, 0.2) is 41.0 Å². The molecule has 0 radical (unpaired) electrons. The number of halogens is 1. The molecule has 7 nitrogen and oxygen atoms in total. The molecule has 142 valence electrons. The van der Waals surface area contributed by atoms with Gasteiger partial charge in [0.15, 0.2) is 11.5 Å². The van der Waals surface area contributed by atoms with Crippen LogP contribution in [0.5, 0.6) is 23.0 Å². The second kappa shape index (κ2) is 8.30. The molecule has 0 aliphatic carbocycles. The van der Waals surface area contributed by atoms with Crippen LogP contribution in [0.2, 0.25) is 0 Å². The molecule has 0 fully saturated rings. The molecule has 2 aromatic carbocycles. The number of hydrogen-bond donors (Lipinski definition) is 0. The Balaban J connectivity index is 1.97. The quantitative estimate of drug-likeness (QED) is 0.564. The highest BCUT2D eigenvalue weighted by atomic mass is 79.9. The molecular weight excluding hydrogens is 414 g/mol. The van der Waals surface area contributed by atoms with Gasteiger partial charge in [0.1, 0.15) is 5.75 Å². The Morgan fingerprint density at radius 2 is 1.56 bits per heavy atom. The minimum atomic E-state index is 0.496. The molecule has 27 heavy (non-hydrogen) atoms. The van der Waals surface area contributed by atoms with E-state index in [1.807, 2.05) is 35.0 Å². The molecule has 0 saturated carbocycles. The van der Waals surface area contributed by atoms with E-state index in [0.29, 0.717) is 23.8 Å². The third-order valence-corrected chi connectivity index (χ3v) is 4.74. The van der Waals surface area contributed by atoms with Gasteiger partial charge in [0.05, 0.1) is 51.3 Å². The minimum absolute atomic E-state index is 0.496. The zero-order chi connectivity index (χ0) is 19.4. The number of nitrogens with zero attached hydrogens (tertiary/aromatic N) is 3. The van der Waals surface area contributed by atoms with Gasteiger partial charge in [0, 0.05) is 5.56 Å². The third kappa shape index (κ3) is 3.85. The maximum absolute atomic E-state index is 5.42. The standard InChI is InChI=1S/C19H20BrN3O4/c1-24-16-6-5-13(9-14(16)20)15-10-21-22-23(15)11-12-7-17(25-2)19(27-4)18(8-12)26-3/h5-10H,11H2,1-4H3. The highest BCUT2D eigenvalue weighted by Gasteiger charge is 2.15. The average molecular weight is 434 g/mol. The van der Waals surface area contributed by atoms with Crippen LogP contribution in [0.4, 0.5) is 0 Å². The highest BCUT2D eigenvalue weighted by molar-refractivity contribution is 9.10. The fraction of sp³-hybridized carbons (Fsp3) is 0.263. The zero-order valence-corrected chi connectivity index (χ0v) is 17.1. The molecule has 0 amide bonds. The Bertz CT molecular complexity index is 917. The molecule has 3 rings (SSSR count). The summed E-state index contributed by atoms with van der Waals surface area (Å²) in [5, 5.41) is 8.29. The Morgan fingerprint density at radius 1 is 0.889 bits per heavy atom. The predicted octanol–water partition coefficient (Wildman–Crippen LogP) is 3.79. The molecule has 1 aromatic heterocycles. The van der Waals surface area contributed by atoms with E-state index in [9.17, 15) is 0 Å². The summed E-state index contributed by atoms with van der Waals surface area (Å²) >= 11 is 3.52. The van der Waals surface area contributed by atoms with Crippen LogP contribution in [0.1, 0.15) is 5.56 Å². The van der Waals surface area contributed by atoms with Crippen molar-refractivity contribution in [3.63, 3.8) is 0 Å². The Morgan fingerprint density at radius 3 is 2.11 bits per heavy atom. The topological polar surface area (TPSA) is 67.6 Å². The van der Waals surface area contributed by atoms with E-state index >= 15 is 0 Å². The molecule has 0 aliphatic heterocycles. The summed E-state index contributed by atoms with van der Waals surface area (Å²) in [5.41, 5.74) is 2.80. The smallest absolute Gasteiger partial charge is 0.203 e. The largest absolute Gasteiger partial charge is 0.496 e. The molecule has 8 heteroatoms. The van der Waals surface area contributed by atoms with Gasteiger partial charge in [-0.15, -0.1) is 5.10 Å². The summed E-state index contributed by atoms with van der Waals surface area (Å²) in [4.78, 5) is 0. The van der Waals surface area contributed by atoms with Crippen LogP contribution in [0.3, 0.4) is 0 Å². The van der Waals surface area contributed by atoms with Crippen molar-refractivity contribution in [1.82, 2.24) is 15.0 Å². The number of hydrogen-bond acceptors (Lipinski definition) is 6. The summed E-state index contributed by atoms with van der Waals surface area (Å²) in [5.74, 6) is 2.52. The Kier molecular flexibility index (Phi) is 5.85. The second-order valence-electron chi connectivity index (χ2n) is 5.66. The van der Waals surface area contributed by atoms with E-state index < -0.39 is 0 Å². The maximum Gasteiger partial charge on any atom is 0.203 e. The molecule has 1 heterocycles. The summed E-state index contributed by atoms with van der Waals surface area (Å²) in [6, 6.07) is 9.64. The average Bonchev–Trinajstić information content (AvgIpc) is 3.15. The molecule has 0 N–H and O–H groups in total. The van der Waals surface area contributed by atoms with Crippen molar-refractivity contribution in [3.8, 4) is 34.3 Å². The number of aromatic nitrogens is 3. The minimum Gasteiger partial charge on any atom is -0.496 e. The summed E-state index contributed by atoms with van der Waals surface area (Å²) in [6.45, 7) is 0.496. The van der Waals surface area contributed by atoms with Gasteiger partial charge in [-0.2, -0.15) is 0 Å². The summed E-state index contributed by atoms with van der Waals surface area (Å²) in [6.07, 6.45) is 1.73. The molecule has 0 bridgehead atoms. The van der Waals surface area contributed by atoms with Gasteiger partial charge in [-0.3, -0.25) is 0 Å². The Labute approximate surface area is 165 Å². The predicted molar refractivity (Wildman–Crippen MR) is 105 cm³/mol. The second-order valence-corrected chi connectivity index (χ2v) is 6.51. The summed E-state index contributed by atoms with van der Waals surface area (Å²) in [7, 11) is 6.40. The van der Waals surface area contributed by atoms with Gasteiger partial charge in [-0.05, 0) is 51.8 Å². The van der Waals surface area contributed by atoms with Crippen molar-refractivity contribution in [1.29, 1.82) is 0 Å². The van der Waals surface area contributed by atoms with Crippen molar-refractivity contribution in [2.24, 2.45) is 0 Å². The lowest BCUT2D eigenvalue weighted by atomic mass is 10.1. The van der Waals surface area contributed by atoms with Gasteiger partial charge in [-0.1, -0.05) is 5.21 Å². The van der Waals surface area contributed by atoms with Gasteiger partial charge < -0.3 is 18.9 Å². The van der Waals surface area contributed by atoms with Crippen molar-refractivity contribution in [3.05, 3.63) is 46.6 Å². The first-order chi connectivity index (χ1) is 13.1. The maximum atomic E-state index is 5.42. The fourth-order valence-electron chi connectivity index (χ4n) is 2.82.